The number of rotatable bonds is 9. The van der Waals surface area contributed by atoms with Crippen molar-refractivity contribution in [3.8, 4) is 10.4 Å². The molecule has 0 spiro atoms. The number of aryl methyl sites for hydroxylation is 1. The summed E-state index contributed by atoms with van der Waals surface area (Å²) < 4.78 is 19.8. The number of nitrogens with one attached hydrogen (secondary N) is 1. The van der Waals surface area contributed by atoms with Gasteiger partial charge in [0.1, 0.15) is 24.6 Å². The number of benzene rings is 1. The minimum absolute atomic E-state index is 0.0783. The van der Waals surface area contributed by atoms with Gasteiger partial charge in [-0.1, -0.05) is 64.0 Å². The second kappa shape index (κ2) is 11.8. The van der Waals surface area contributed by atoms with Crippen LogP contribution in [0.15, 0.2) is 40.4 Å². The molecule has 0 saturated carbocycles. The Morgan fingerprint density at radius 2 is 1.97 bits per heavy atom. The molecule has 5 unspecified atom stereocenters. The molecule has 1 aliphatic rings. The fourth-order valence-corrected chi connectivity index (χ4v) is 5.90. The molecule has 3 aromatic rings. The predicted molar refractivity (Wildman–Crippen MR) is 149 cm³/mol. The highest BCUT2D eigenvalue weighted by Crippen LogP contribution is 2.34. The van der Waals surface area contributed by atoms with Crippen LogP contribution in [0.1, 0.15) is 75.7 Å². The number of β-amino-alcohol motifs (C(OH)–C–C–N with tert-alkyl or cyclic N) is 1. The maximum atomic E-state index is 14.2. The van der Waals surface area contributed by atoms with Crippen molar-refractivity contribution < 1.29 is 23.9 Å². The molecule has 1 amide bonds. The summed E-state index contributed by atoms with van der Waals surface area (Å²) in [5.74, 6) is -0.542. The van der Waals surface area contributed by atoms with Crippen molar-refractivity contribution in [2.24, 2.45) is 5.92 Å². The molecule has 1 aliphatic heterocycles. The summed E-state index contributed by atoms with van der Waals surface area (Å²) in [6, 6.07) is 7.79. The monoisotopic (exact) mass is 558 g/mol. The number of hydrogen-bond donors (Lipinski definition) is 3. The van der Waals surface area contributed by atoms with E-state index in [1.807, 2.05) is 71.9 Å². The molecule has 1 saturated heterocycles. The molecular weight excluding hydrogens is 519 g/mol. The maximum Gasteiger partial charge on any atom is 0.234 e. The Morgan fingerprint density at radius 3 is 2.51 bits per heavy atom. The molecule has 2 aromatic heterocycles. The fourth-order valence-electron chi connectivity index (χ4n) is 5.09. The van der Waals surface area contributed by atoms with Crippen LogP contribution in [-0.2, 0) is 10.2 Å². The summed E-state index contributed by atoms with van der Waals surface area (Å²) in [4.78, 5) is 20.7. The molecule has 0 bridgehead atoms. The van der Waals surface area contributed by atoms with Gasteiger partial charge in [0.25, 0.3) is 0 Å². The van der Waals surface area contributed by atoms with E-state index in [1.165, 1.54) is 4.90 Å². The number of aliphatic hydroxyl groups is 2. The second-order valence-electron chi connectivity index (χ2n) is 11.7. The number of halogens is 1. The number of amides is 1. The first kappa shape index (κ1) is 29.3. The largest absolute Gasteiger partial charge is 0.391 e. The Kier molecular flexibility index (Phi) is 8.90. The summed E-state index contributed by atoms with van der Waals surface area (Å²) in [5.41, 5.74) is 4.91. The maximum absolute atomic E-state index is 14.2. The Labute approximate surface area is 233 Å². The van der Waals surface area contributed by atoms with Crippen molar-refractivity contribution >= 4 is 17.2 Å². The number of carbonyl (C=O) groups is 1. The standard InChI is InChI=1S/C29H39FN4O4S/c1-16(2)25(23-12-24(33-38-23)29(4,5)6)28(37)34-14-20(35)11-22(34)27(36)32-21(13-30)18-7-9-19(10-8-18)26-17(3)31-15-39-26/h7-10,12,15-16,20-22,25,27,32,35-36H,11,13-14H2,1-6H3. The van der Waals surface area contributed by atoms with Gasteiger partial charge in [0, 0.05) is 18.0 Å². The molecule has 1 fully saturated rings. The molecule has 3 N–H and O–H groups in total. The van der Waals surface area contributed by atoms with Gasteiger partial charge in [0.05, 0.1) is 40.0 Å². The lowest BCUT2D eigenvalue weighted by Gasteiger charge is -2.33. The van der Waals surface area contributed by atoms with Gasteiger partial charge in [-0.2, -0.15) is 0 Å². The van der Waals surface area contributed by atoms with E-state index < -0.39 is 37.0 Å². The molecule has 39 heavy (non-hydrogen) atoms. The summed E-state index contributed by atoms with van der Waals surface area (Å²) in [7, 11) is 0. The molecule has 5 atom stereocenters. The Balaban J connectivity index is 1.51. The van der Waals surface area contributed by atoms with Crippen molar-refractivity contribution in [1.82, 2.24) is 20.4 Å². The number of aliphatic hydroxyl groups excluding tert-OH is 2. The number of alkyl halides is 1. The average Bonchev–Trinajstić information content (AvgIpc) is 3.62. The number of nitrogens with zero attached hydrogens (tertiary/aromatic N) is 3. The highest BCUT2D eigenvalue weighted by Gasteiger charge is 2.43. The molecule has 212 valence electrons. The molecule has 3 heterocycles. The molecular formula is C29H39FN4O4S. The highest BCUT2D eigenvalue weighted by atomic mass is 32.1. The third-order valence-corrected chi connectivity index (χ3v) is 8.33. The normalized spacial score (nSPS) is 20.4. The number of carbonyl (C=O) groups excluding carboxylic acids is 1. The average molecular weight is 559 g/mol. The van der Waals surface area contributed by atoms with Crippen LogP contribution >= 0.6 is 11.3 Å². The zero-order valence-corrected chi connectivity index (χ0v) is 24.2. The third-order valence-electron chi connectivity index (χ3n) is 7.35. The van der Waals surface area contributed by atoms with Crippen LogP contribution in [0, 0.1) is 12.8 Å². The van der Waals surface area contributed by atoms with Crippen LogP contribution in [0.2, 0.25) is 0 Å². The Hall–Kier alpha value is -2.66. The number of likely N-dealkylation sites (tertiary alicyclic amines) is 1. The first-order chi connectivity index (χ1) is 18.4. The highest BCUT2D eigenvalue weighted by molar-refractivity contribution is 7.13. The van der Waals surface area contributed by atoms with Crippen LogP contribution in [0.5, 0.6) is 0 Å². The van der Waals surface area contributed by atoms with E-state index in [0.717, 1.165) is 21.8 Å². The van der Waals surface area contributed by atoms with E-state index in [2.05, 4.69) is 15.5 Å². The first-order valence-corrected chi connectivity index (χ1v) is 14.2. The van der Waals surface area contributed by atoms with Crippen molar-refractivity contribution in [2.75, 3.05) is 13.2 Å². The fraction of sp³-hybridized carbons (Fsp3) is 0.552. The quantitative estimate of drug-likeness (QED) is 0.326. The van der Waals surface area contributed by atoms with Crippen LogP contribution < -0.4 is 5.32 Å². The first-order valence-electron chi connectivity index (χ1n) is 13.4. The molecule has 8 nitrogen and oxygen atoms in total. The van der Waals surface area contributed by atoms with Crippen molar-refractivity contribution in [2.45, 2.75) is 83.7 Å². The van der Waals surface area contributed by atoms with Crippen LogP contribution in [0.4, 0.5) is 4.39 Å². The Morgan fingerprint density at radius 1 is 1.28 bits per heavy atom. The molecule has 0 aliphatic carbocycles. The van der Waals surface area contributed by atoms with Gasteiger partial charge in [-0.25, -0.2) is 9.37 Å². The van der Waals surface area contributed by atoms with Crippen molar-refractivity contribution in [1.29, 1.82) is 0 Å². The van der Waals surface area contributed by atoms with Gasteiger partial charge in [-0.3, -0.25) is 10.1 Å². The number of aromatic nitrogens is 2. The molecule has 0 radical (unpaired) electrons. The van der Waals surface area contributed by atoms with Gasteiger partial charge in [0.15, 0.2) is 0 Å². The summed E-state index contributed by atoms with van der Waals surface area (Å²) in [5, 5.41) is 28.8. The lowest BCUT2D eigenvalue weighted by molar-refractivity contribution is -0.138. The Bertz CT molecular complexity index is 1250. The van der Waals surface area contributed by atoms with Gasteiger partial charge < -0.3 is 19.6 Å². The van der Waals surface area contributed by atoms with Gasteiger partial charge in [-0.05, 0) is 30.4 Å². The van der Waals surface area contributed by atoms with E-state index in [9.17, 15) is 19.4 Å². The van der Waals surface area contributed by atoms with E-state index in [4.69, 9.17) is 4.52 Å². The van der Waals surface area contributed by atoms with Crippen LogP contribution in [0.25, 0.3) is 10.4 Å². The van der Waals surface area contributed by atoms with Gasteiger partial charge in [-0.15, -0.1) is 11.3 Å². The minimum Gasteiger partial charge on any atom is -0.391 e. The zero-order valence-electron chi connectivity index (χ0n) is 23.4. The summed E-state index contributed by atoms with van der Waals surface area (Å²) >= 11 is 1.55. The zero-order chi connectivity index (χ0) is 28.5. The van der Waals surface area contributed by atoms with E-state index in [1.54, 1.807) is 16.8 Å². The van der Waals surface area contributed by atoms with E-state index in [0.29, 0.717) is 11.3 Å². The van der Waals surface area contributed by atoms with Gasteiger partial charge in [0.2, 0.25) is 5.91 Å². The van der Waals surface area contributed by atoms with Crippen molar-refractivity contribution in [3.05, 3.63) is 58.6 Å². The van der Waals surface area contributed by atoms with Gasteiger partial charge >= 0.3 is 0 Å². The smallest absolute Gasteiger partial charge is 0.234 e. The SMILES string of the molecule is Cc1ncsc1-c1ccc(C(CF)NC(O)C2CC(O)CN2C(=O)C(c2cc(C(C)(C)C)no2)C(C)C)cc1. The lowest BCUT2D eigenvalue weighted by Crippen LogP contribution is -2.51. The van der Waals surface area contributed by atoms with Crippen molar-refractivity contribution in [3.63, 3.8) is 0 Å². The molecule has 1 aromatic carbocycles. The van der Waals surface area contributed by atoms with Crippen LogP contribution in [-0.4, -0.2) is 62.8 Å². The predicted octanol–water partition coefficient (Wildman–Crippen LogP) is 4.72. The molecule has 4 rings (SSSR count). The minimum atomic E-state index is -1.25. The summed E-state index contributed by atoms with van der Waals surface area (Å²) in [6.45, 7) is 11.2. The lowest BCUT2D eigenvalue weighted by atomic mass is 9.88. The van der Waals surface area contributed by atoms with E-state index in [-0.39, 0.29) is 30.2 Å². The topological polar surface area (TPSA) is 112 Å². The number of thiazole rings is 1. The third kappa shape index (κ3) is 6.40. The van der Waals surface area contributed by atoms with E-state index >= 15 is 0 Å². The molecule has 10 heteroatoms. The summed E-state index contributed by atoms with van der Waals surface area (Å²) in [6.07, 6.45) is -1.87. The second-order valence-corrected chi connectivity index (χ2v) is 12.6. The number of hydrogen-bond acceptors (Lipinski definition) is 8. The van der Waals surface area contributed by atoms with Crippen LogP contribution in [0.3, 0.4) is 0 Å².